The lowest BCUT2D eigenvalue weighted by Gasteiger charge is -1.87. The van der Waals surface area contributed by atoms with Crippen molar-refractivity contribution in [1.29, 1.82) is 0 Å². The van der Waals surface area contributed by atoms with E-state index in [1.165, 1.54) is 0 Å². The Morgan fingerprint density at radius 1 is 1.33 bits per heavy atom. The fourth-order valence-electron chi connectivity index (χ4n) is 0.289. The van der Waals surface area contributed by atoms with E-state index in [4.69, 9.17) is 0 Å². The molecule has 0 N–H and O–H groups in total. The van der Waals surface area contributed by atoms with Gasteiger partial charge in [0.05, 0.1) is 0 Å². The molecular formula is C4H10BF. The first-order chi connectivity index (χ1) is 2.81. The zero-order valence-electron chi connectivity index (χ0n) is 4.37. The van der Waals surface area contributed by atoms with Crippen molar-refractivity contribution in [3.05, 3.63) is 0 Å². The first-order valence-corrected chi connectivity index (χ1v) is 2.45. The Balaban J connectivity index is 2.75. The van der Waals surface area contributed by atoms with Crippen LogP contribution >= 0.6 is 0 Å². The van der Waals surface area contributed by atoms with Crippen molar-refractivity contribution < 1.29 is 4.32 Å². The Morgan fingerprint density at radius 2 is 1.67 bits per heavy atom. The SMILES string of the molecule is CCB(F)CC. The minimum atomic E-state index is -0.565. The molecular weight excluding hydrogens is 77.9 g/mol. The number of hydrogen-bond acceptors (Lipinski definition) is 0. The maximum absolute atomic E-state index is 11.9. The molecule has 2 heteroatoms. The third kappa shape index (κ3) is 2.25. The average Bonchev–Trinajstić information content (AvgIpc) is 1.65. The topological polar surface area (TPSA) is 0 Å². The van der Waals surface area contributed by atoms with E-state index in [-0.39, 0.29) is 0 Å². The maximum Gasteiger partial charge on any atom is 0.347 e. The van der Waals surface area contributed by atoms with Crippen LogP contribution in [0, 0.1) is 0 Å². The minimum Gasteiger partial charge on any atom is -0.336 e. The molecule has 0 saturated carbocycles. The van der Waals surface area contributed by atoms with Crippen LogP contribution < -0.4 is 0 Å². The van der Waals surface area contributed by atoms with E-state index in [2.05, 4.69) is 0 Å². The number of halogens is 1. The van der Waals surface area contributed by atoms with Gasteiger partial charge < -0.3 is 4.32 Å². The van der Waals surface area contributed by atoms with Crippen LogP contribution in [0.5, 0.6) is 0 Å². The Kier molecular flexibility index (Phi) is 3.19. The Bertz CT molecular complexity index is 26.7. The van der Waals surface area contributed by atoms with Crippen LogP contribution in [0.25, 0.3) is 0 Å². The van der Waals surface area contributed by atoms with Gasteiger partial charge in [0.15, 0.2) is 0 Å². The first-order valence-electron chi connectivity index (χ1n) is 2.45. The van der Waals surface area contributed by atoms with E-state index in [9.17, 15) is 4.32 Å². The van der Waals surface area contributed by atoms with Crippen LogP contribution in [0.2, 0.25) is 12.6 Å². The molecule has 0 aromatic rings. The molecule has 0 rings (SSSR count). The lowest BCUT2D eigenvalue weighted by molar-refractivity contribution is 0.813. The summed E-state index contributed by atoms with van der Waals surface area (Å²) in [4.78, 5) is 0. The van der Waals surface area contributed by atoms with Crippen molar-refractivity contribution in [3.63, 3.8) is 0 Å². The number of rotatable bonds is 2. The maximum atomic E-state index is 11.9. The third-order valence-corrected chi connectivity index (χ3v) is 0.886. The Labute approximate surface area is 38.9 Å². The van der Waals surface area contributed by atoms with E-state index < -0.39 is 6.99 Å². The van der Waals surface area contributed by atoms with E-state index in [1.807, 2.05) is 13.8 Å². The molecule has 0 aromatic carbocycles. The summed E-state index contributed by atoms with van der Waals surface area (Å²) in [7, 11) is 0. The summed E-state index contributed by atoms with van der Waals surface area (Å²) in [5.74, 6) is 0. The van der Waals surface area contributed by atoms with Gasteiger partial charge in [0.2, 0.25) is 0 Å². The molecule has 0 unspecified atom stereocenters. The van der Waals surface area contributed by atoms with Crippen LogP contribution in [0.3, 0.4) is 0 Å². The molecule has 0 aromatic heterocycles. The van der Waals surface area contributed by atoms with Crippen LogP contribution in [0.4, 0.5) is 4.32 Å². The largest absolute Gasteiger partial charge is 0.347 e. The normalized spacial score (nSPS) is 8.50. The summed E-state index contributed by atoms with van der Waals surface area (Å²) < 4.78 is 11.9. The zero-order chi connectivity index (χ0) is 4.99. The Hall–Kier alpha value is -0.00506. The highest BCUT2D eigenvalue weighted by atomic mass is 19.1. The predicted molar refractivity (Wildman–Crippen MR) is 27.8 cm³/mol. The molecule has 0 amide bonds. The second kappa shape index (κ2) is 3.20. The summed E-state index contributed by atoms with van der Waals surface area (Å²) in [5.41, 5.74) is 0. The highest BCUT2D eigenvalue weighted by Gasteiger charge is 2.03. The summed E-state index contributed by atoms with van der Waals surface area (Å²) in [5, 5.41) is 0. The molecule has 0 spiro atoms. The molecule has 0 saturated heterocycles. The molecule has 0 nitrogen and oxygen atoms in total. The van der Waals surface area contributed by atoms with Gasteiger partial charge in [-0.25, -0.2) is 0 Å². The summed E-state index contributed by atoms with van der Waals surface area (Å²) in [6.45, 7) is 3.15. The summed E-state index contributed by atoms with van der Waals surface area (Å²) >= 11 is 0. The third-order valence-electron chi connectivity index (χ3n) is 0.886. The molecule has 0 radical (unpaired) electrons. The van der Waals surface area contributed by atoms with Gasteiger partial charge >= 0.3 is 6.99 Å². The average molecular weight is 87.9 g/mol. The van der Waals surface area contributed by atoms with Gasteiger partial charge in [0.1, 0.15) is 0 Å². The number of hydrogen-bond donors (Lipinski definition) is 0. The van der Waals surface area contributed by atoms with Crippen LogP contribution in [-0.2, 0) is 0 Å². The fourth-order valence-corrected chi connectivity index (χ4v) is 0.289. The van der Waals surface area contributed by atoms with Gasteiger partial charge in [-0.2, -0.15) is 0 Å². The van der Waals surface area contributed by atoms with Gasteiger partial charge in [-0.15, -0.1) is 0 Å². The molecule has 0 aliphatic rings. The Morgan fingerprint density at radius 3 is 1.67 bits per heavy atom. The van der Waals surface area contributed by atoms with Crippen LogP contribution in [0.15, 0.2) is 0 Å². The van der Waals surface area contributed by atoms with Crippen LogP contribution in [0.1, 0.15) is 13.8 Å². The summed E-state index contributed by atoms with van der Waals surface area (Å²) in [6.07, 6.45) is 1.33. The molecule has 0 bridgehead atoms. The summed E-state index contributed by atoms with van der Waals surface area (Å²) in [6, 6.07) is 0. The van der Waals surface area contributed by atoms with E-state index >= 15 is 0 Å². The zero-order valence-corrected chi connectivity index (χ0v) is 4.37. The van der Waals surface area contributed by atoms with Crippen molar-refractivity contribution in [2.24, 2.45) is 0 Å². The minimum absolute atomic E-state index is 0.565. The fraction of sp³-hybridized carbons (Fsp3) is 1.00. The quantitative estimate of drug-likeness (QED) is 0.452. The molecule has 0 atom stereocenters. The second-order valence-corrected chi connectivity index (χ2v) is 1.41. The molecule has 0 aliphatic heterocycles. The second-order valence-electron chi connectivity index (χ2n) is 1.41. The van der Waals surface area contributed by atoms with Gasteiger partial charge in [0.25, 0.3) is 0 Å². The van der Waals surface area contributed by atoms with Crippen molar-refractivity contribution in [3.8, 4) is 0 Å². The molecule has 6 heavy (non-hydrogen) atoms. The lowest BCUT2D eigenvalue weighted by atomic mass is 9.66. The predicted octanol–water partition coefficient (Wildman–Crippen LogP) is 1.99. The van der Waals surface area contributed by atoms with Crippen molar-refractivity contribution in [2.45, 2.75) is 26.5 Å². The van der Waals surface area contributed by atoms with Crippen molar-refractivity contribution >= 4 is 6.99 Å². The molecule has 36 valence electrons. The van der Waals surface area contributed by atoms with E-state index in [0.717, 1.165) is 0 Å². The van der Waals surface area contributed by atoms with E-state index in [0.29, 0.717) is 12.6 Å². The van der Waals surface area contributed by atoms with Gasteiger partial charge in [0, 0.05) is 0 Å². The standard InChI is InChI=1S/C4H10BF/c1-3-5(6)4-2/h3-4H2,1-2H3. The lowest BCUT2D eigenvalue weighted by Crippen LogP contribution is -1.97. The van der Waals surface area contributed by atoms with Crippen LogP contribution in [-0.4, -0.2) is 6.99 Å². The van der Waals surface area contributed by atoms with Gasteiger partial charge in [-0.3, -0.25) is 0 Å². The molecule has 0 fully saturated rings. The smallest absolute Gasteiger partial charge is 0.336 e. The van der Waals surface area contributed by atoms with Crippen molar-refractivity contribution in [1.82, 2.24) is 0 Å². The van der Waals surface area contributed by atoms with Gasteiger partial charge in [-0.1, -0.05) is 13.8 Å². The first kappa shape index (κ1) is 5.99. The molecule has 0 aliphatic carbocycles. The molecule has 0 heterocycles. The highest BCUT2D eigenvalue weighted by molar-refractivity contribution is 6.50. The monoisotopic (exact) mass is 88.1 g/mol. The van der Waals surface area contributed by atoms with E-state index in [1.54, 1.807) is 0 Å². The van der Waals surface area contributed by atoms with Gasteiger partial charge in [-0.05, 0) is 12.6 Å². The van der Waals surface area contributed by atoms with Crippen molar-refractivity contribution in [2.75, 3.05) is 0 Å². The highest BCUT2D eigenvalue weighted by Crippen LogP contribution is 1.96.